The van der Waals surface area contributed by atoms with Crippen LogP contribution in [0.3, 0.4) is 0 Å². The highest BCUT2D eigenvalue weighted by atomic mass is 35.5. The van der Waals surface area contributed by atoms with Crippen LogP contribution in [-0.4, -0.2) is 36.5 Å². The molecular weight excluding hydrogens is 271 g/mol. The fourth-order valence-electron chi connectivity index (χ4n) is 2.06. The summed E-state index contributed by atoms with van der Waals surface area (Å²) >= 11 is 0. The van der Waals surface area contributed by atoms with Crippen molar-refractivity contribution in [3.8, 4) is 0 Å². The van der Waals surface area contributed by atoms with Crippen LogP contribution >= 0.6 is 12.4 Å². The van der Waals surface area contributed by atoms with Gasteiger partial charge in [0.15, 0.2) is 0 Å². The van der Waals surface area contributed by atoms with Gasteiger partial charge in [-0.05, 0) is 13.0 Å². The Morgan fingerprint density at radius 1 is 1.53 bits per heavy atom. The van der Waals surface area contributed by atoms with Crippen molar-refractivity contribution in [2.24, 2.45) is 5.73 Å². The van der Waals surface area contributed by atoms with E-state index in [0.717, 1.165) is 0 Å². The van der Waals surface area contributed by atoms with Crippen LogP contribution in [0, 0.1) is 5.82 Å². The molecule has 1 fully saturated rings. The molecule has 1 aromatic carbocycles. The maximum atomic E-state index is 13.7. The minimum Gasteiger partial charge on any atom is -0.370 e. The zero-order valence-corrected chi connectivity index (χ0v) is 11.5. The van der Waals surface area contributed by atoms with E-state index in [9.17, 15) is 9.18 Å². The third-order valence-corrected chi connectivity index (χ3v) is 3.02. The molecule has 1 aromatic rings. The number of nitrogens with zero attached hydrogens (tertiary/aromatic N) is 1. The average molecular weight is 289 g/mol. The van der Waals surface area contributed by atoms with Crippen molar-refractivity contribution >= 4 is 18.3 Å². The number of nitrogens with two attached hydrogens (primary N) is 1. The summed E-state index contributed by atoms with van der Waals surface area (Å²) in [7, 11) is 0. The molecule has 0 aromatic heterocycles. The molecule has 19 heavy (non-hydrogen) atoms. The van der Waals surface area contributed by atoms with E-state index in [2.05, 4.69) is 0 Å². The molecule has 0 aliphatic carbocycles. The van der Waals surface area contributed by atoms with E-state index in [-0.39, 0.29) is 24.1 Å². The number of carbonyl (C=O) groups excluding carboxylic acids is 1. The number of ether oxygens (including phenoxy) is 1. The maximum Gasteiger partial charge on any atom is 0.239 e. The summed E-state index contributed by atoms with van der Waals surface area (Å²) in [5.41, 5.74) is 6.06. The molecule has 1 aliphatic rings. The van der Waals surface area contributed by atoms with Gasteiger partial charge < -0.3 is 15.4 Å². The first-order valence-electron chi connectivity index (χ1n) is 6.00. The van der Waals surface area contributed by atoms with Crippen molar-refractivity contribution in [3.05, 3.63) is 35.6 Å². The third-order valence-electron chi connectivity index (χ3n) is 3.02. The highest BCUT2D eigenvalue weighted by molar-refractivity contribution is 5.85. The molecule has 0 spiro atoms. The molecule has 2 N–H and O–H groups in total. The summed E-state index contributed by atoms with van der Waals surface area (Å²) in [6.07, 6.45) is -0.414. The van der Waals surface area contributed by atoms with Crippen LogP contribution in [0.1, 0.15) is 18.6 Å². The Labute approximate surface area is 118 Å². The van der Waals surface area contributed by atoms with E-state index in [1.807, 2.05) is 0 Å². The first-order valence-corrected chi connectivity index (χ1v) is 6.00. The predicted octanol–water partition coefficient (Wildman–Crippen LogP) is 1.49. The maximum absolute atomic E-state index is 13.7. The van der Waals surface area contributed by atoms with E-state index in [4.69, 9.17) is 10.5 Å². The monoisotopic (exact) mass is 288 g/mol. The molecule has 0 saturated carbocycles. The van der Waals surface area contributed by atoms with Gasteiger partial charge in [0.25, 0.3) is 0 Å². The first kappa shape index (κ1) is 15.9. The van der Waals surface area contributed by atoms with Gasteiger partial charge >= 0.3 is 0 Å². The van der Waals surface area contributed by atoms with E-state index >= 15 is 0 Å². The number of hydrogen-bond acceptors (Lipinski definition) is 3. The molecule has 1 unspecified atom stereocenters. The summed E-state index contributed by atoms with van der Waals surface area (Å²) in [4.78, 5) is 13.4. The molecule has 6 heteroatoms. The van der Waals surface area contributed by atoms with E-state index in [0.29, 0.717) is 25.3 Å². The van der Waals surface area contributed by atoms with Crippen LogP contribution < -0.4 is 5.73 Å². The lowest BCUT2D eigenvalue weighted by Crippen LogP contribution is -2.48. The van der Waals surface area contributed by atoms with Gasteiger partial charge in [-0.2, -0.15) is 0 Å². The lowest BCUT2D eigenvalue weighted by atomic mass is 10.1. The second-order valence-corrected chi connectivity index (χ2v) is 4.45. The Kier molecular flexibility index (Phi) is 5.72. The van der Waals surface area contributed by atoms with Gasteiger partial charge in [0.2, 0.25) is 5.91 Å². The number of amides is 1. The van der Waals surface area contributed by atoms with Crippen LogP contribution in [0.2, 0.25) is 0 Å². The van der Waals surface area contributed by atoms with Crippen LogP contribution in [0.4, 0.5) is 4.39 Å². The Balaban J connectivity index is 0.00000180. The molecule has 1 aliphatic heterocycles. The van der Waals surface area contributed by atoms with Gasteiger partial charge in [0, 0.05) is 12.1 Å². The second-order valence-electron chi connectivity index (χ2n) is 4.45. The molecule has 2 rings (SSSR count). The smallest absolute Gasteiger partial charge is 0.239 e. The Morgan fingerprint density at radius 3 is 2.84 bits per heavy atom. The van der Waals surface area contributed by atoms with Crippen LogP contribution in [-0.2, 0) is 9.53 Å². The summed E-state index contributed by atoms with van der Waals surface area (Å²) in [5.74, 6) is -0.433. The fourth-order valence-corrected chi connectivity index (χ4v) is 2.06. The number of carbonyl (C=O) groups is 1. The lowest BCUT2D eigenvalue weighted by molar-refractivity contribution is -0.140. The molecule has 106 valence electrons. The number of halogens is 2. The van der Waals surface area contributed by atoms with Crippen LogP contribution in [0.25, 0.3) is 0 Å². The van der Waals surface area contributed by atoms with Crippen molar-refractivity contribution < 1.29 is 13.9 Å². The minimum absolute atomic E-state index is 0. The minimum atomic E-state index is -0.538. The second kappa shape index (κ2) is 6.84. The molecule has 1 saturated heterocycles. The van der Waals surface area contributed by atoms with Crippen molar-refractivity contribution in [2.75, 3.05) is 19.7 Å². The molecular formula is C13H18ClFN2O2. The van der Waals surface area contributed by atoms with Crippen molar-refractivity contribution in [3.63, 3.8) is 0 Å². The number of benzene rings is 1. The quantitative estimate of drug-likeness (QED) is 0.897. The summed E-state index contributed by atoms with van der Waals surface area (Å²) in [5, 5.41) is 0. The molecule has 1 heterocycles. The third kappa shape index (κ3) is 3.65. The van der Waals surface area contributed by atoms with Gasteiger partial charge in [-0.25, -0.2) is 4.39 Å². The molecule has 1 amide bonds. The van der Waals surface area contributed by atoms with Gasteiger partial charge in [0.1, 0.15) is 11.9 Å². The molecule has 0 bridgehead atoms. The van der Waals surface area contributed by atoms with E-state index < -0.39 is 12.1 Å². The van der Waals surface area contributed by atoms with E-state index in [1.165, 1.54) is 6.07 Å². The van der Waals surface area contributed by atoms with Crippen molar-refractivity contribution in [2.45, 2.75) is 19.1 Å². The fraction of sp³-hybridized carbons (Fsp3) is 0.462. The molecule has 0 radical (unpaired) electrons. The standard InChI is InChI=1S/C13H17FN2O2.ClH/c1-9(15)13(17)16-6-7-18-12(8-16)10-4-2-3-5-11(10)14;/h2-5,9,12H,6-8,15H2,1H3;1H/t9-,12?;/m0./s1. The Bertz CT molecular complexity index is 442. The van der Waals surface area contributed by atoms with E-state index in [1.54, 1.807) is 30.0 Å². The topological polar surface area (TPSA) is 55.6 Å². The lowest BCUT2D eigenvalue weighted by Gasteiger charge is -2.34. The number of rotatable bonds is 2. The largest absolute Gasteiger partial charge is 0.370 e. The summed E-state index contributed by atoms with van der Waals surface area (Å²) in [6.45, 7) is 2.90. The molecule has 4 nitrogen and oxygen atoms in total. The summed E-state index contributed by atoms with van der Waals surface area (Å²) < 4.78 is 19.2. The SMILES string of the molecule is C[C@H](N)C(=O)N1CCOC(c2ccccc2F)C1.Cl. The Hall–Kier alpha value is -1.17. The number of hydrogen-bond donors (Lipinski definition) is 1. The van der Waals surface area contributed by atoms with Gasteiger partial charge in [-0.1, -0.05) is 18.2 Å². The average Bonchev–Trinajstić information content (AvgIpc) is 2.38. The van der Waals surface area contributed by atoms with Gasteiger partial charge in [-0.15, -0.1) is 12.4 Å². The number of morpholine rings is 1. The highest BCUT2D eigenvalue weighted by Gasteiger charge is 2.28. The van der Waals surface area contributed by atoms with Gasteiger partial charge in [-0.3, -0.25) is 4.79 Å². The first-order chi connectivity index (χ1) is 8.59. The predicted molar refractivity (Wildman–Crippen MR) is 72.6 cm³/mol. The highest BCUT2D eigenvalue weighted by Crippen LogP contribution is 2.24. The van der Waals surface area contributed by atoms with Crippen molar-refractivity contribution in [1.29, 1.82) is 0 Å². The molecule has 2 atom stereocenters. The Morgan fingerprint density at radius 2 is 2.21 bits per heavy atom. The van der Waals surface area contributed by atoms with Crippen LogP contribution in [0.15, 0.2) is 24.3 Å². The zero-order chi connectivity index (χ0) is 13.1. The van der Waals surface area contributed by atoms with Gasteiger partial charge in [0.05, 0.1) is 19.2 Å². The van der Waals surface area contributed by atoms with Crippen LogP contribution in [0.5, 0.6) is 0 Å². The zero-order valence-electron chi connectivity index (χ0n) is 10.7. The normalized spacial score (nSPS) is 20.6. The summed E-state index contributed by atoms with van der Waals surface area (Å²) in [6, 6.07) is 5.93. The van der Waals surface area contributed by atoms with Crippen molar-refractivity contribution in [1.82, 2.24) is 4.90 Å².